The number of hydrogen-bond donors (Lipinski definition) is 0. The number of rotatable bonds is 5. The molecule has 0 heterocycles. The fourth-order valence-corrected chi connectivity index (χ4v) is 3.09. The second-order valence-electron chi connectivity index (χ2n) is 5.74. The van der Waals surface area contributed by atoms with E-state index in [0.29, 0.717) is 12.5 Å². The first-order valence-corrected chi connectivity index (χ1v) is 8.22. The average Bonchev–Trinajstić information content (AvgIpc) is 2.54. The van der Waals surface area contributed by atoms with Crippen LogP contribution in [0.25, 0.3) is 5.57 Å². The van der Waals surface area contributed by atoms with E-state index in [1.807, 2.05) is 6.92 Å². The van der Waals surface area contributed by atoms with E-state index < -0.39 is 0 Å². The zero-order chi connectivity index (χ0) is 15.1. The fourth-order valence-electron chi connectivity index (χ4n) is 3.09. The topological polar surface area (TPSA) is 26.3 Å². The van der Waals surface area contributed by atoms with Gasteiger partial charge in [0, 0.05) is 6.08 Å². The summed E-state index contributed by atoms with van der Waals surface area (Å²) in [5.74, 6) is 0.285. The molecule has 0 spiro atoms. The third-order valence-electron chi connectivity index (χ3n) is 4.30. The Morgan fingerprint density at radius 1 is 1.14 bits per heavy atom. The Bertz CT molecular complexity index is 479. The van der Waals surface area contributed by atoms with Crippen LogP contribution < -0.4 is 0 Å². The number of allylic oxidation sites excluding steroid dienone is 1. The first-order valence-electron chi connectivity index (χ1n) is 8.22. The fraction of sp³-hybridized carbons (Fsp3) is 0.526. The first kappa shape index (κ1) is 15.8. The molecule has 1 fully saturated rings. The highest BCUT2D eigenvalue weighted by molar-refractivity contribution is 5.92. The van der Waals surface area contributed by atoms with Crippen molar-refractivity contribution in [2.24, 2.45) is 5.92 Å². The number of carbonyl (C=O) groups excluding carboxylic acids is 1. The van der Waals surface area contributed by atoms with Gasteiger partial charge in [0.25, 0.3) is 0 Å². The molecule has 0 radical (unpaired) electrons. The molecule has 0 aliphatic heterocycles. The van der Waals surface area contributed by atoms with Crippen molar-refractivity contribution >= 4 is 11.5 Å². The van der Waals surface area contributed by atoms with Crippen LogP contribution in [-0.2, 0) is 16.0 Å². The number of carbonyl (C=O) groups is 1. The summed E-state index contributed by atoms with van der Waals surface area (Å²) in [5.41, 5.74) is 3.67. The Morgan fingerprint density at radius 3 is 2.38 bits per heavy atom. The van der Waals surface area contributed by atoms with Gasteiger partial charge in [-0.2, -0.15) is 0 Å². The number of benzene rings is 1. The highest BCUT2D eigenvalue weighted by Crippen LogP contribution is 2.35. The van der Waals surface area contributed by atoms with Crippen LogP contribution in [-0.4, -0.2) is 12.6 Å². The van der Waals surface area contributed by atoms with Crippen LogP contribution in [0.1, 0.15) is 57.1 Å². The summed E-state index contributed by atoms with van der Waals surface area (Å²) >= 11 is 0. The van der Waals surface area contributed by atoms with Gasteiger partial charge in [0.15, 0.2) is 0 Å². The summed E-state index contributed by atoms with van der Waals surface area (Å²) in [6, 6.07) is 8.63. The van der Waals surface area contributed by atoms with Crippen LogP contribution in [0.15, 0.2) is 30.3 Å². The van der Waals surface area contributed by atoms with E-state index in [9.17, 15) is 4.79 Å². The average molecular weight is 286 g/mol. The van der Waals surface area contributed by atoms with Gasteiger partial charge in [-0.05, 0) is 48.8 Å². The van der Waals surface area contributed by atoms with Gasteiger partial charge in [-0.15, -0.1) is 0 Å². The van der Waals surface area contributed by atoms with Gasteiger partial charge < -0.3 is 4.74 Å². The monoisotopic (exact) mass is 286 g/mol. The van der Waals surface area contributed by atoms with Crippen molar-refractivity contribution in [1.29, 1.82) is 0 Å². The quantitative estimate of drug-likeness (QED) is 0.575. The lowest BCUT2D eigenvalue weighted by molar-refractivity contribution is -0.137. The first-order chi connectivity index (χ1) is 10.2. The SMILES string of the molecule is CCOC(=O)C=C(c1ccc(CC)cc1)C1CCCCC1. The lowest BCUT2D eigenvalue weighted by atomic mass is 9.80. The molecule has 1 aromatic carbocycles. The summed E-state index contributed by atoms with van der Waals surface area (Å²) in [5, 5.41) is 0. The molecule has 1 aliphatic rings. The van der Waals surface area contributed by atoms with Crippen LogP contribution in [0.3, 0.4) is 0 Å². The molecule has 2 rings (SSSR count). The third-order valence-corrected chi connectivity index (χ3v) is 4.30. The van der Waals surface area contributed by atoms with E-state index in [1.165, 1.54) is 43.2 Å². The Balaban J connectivity index is 2.26. The molecular formula is C19H26O2. The maximum atomic E-state index is 11.9. The van der Waals surface area contributed by atoms with E-state index >= 15 is 0 Å². The summed E-state index contributed by atoms with van der Waals surface area (Å²) in [6.07, 6.45) is 8.97. The molecule has 0 amide bonds. The van der Waals surface area contributed by atoms with Crippen molar-refractivity contribution in [3.8, 4) is 0 Å². The van der Waals surface area contributed by atoms with Crippen LogP contribution in [0.5, 0.6) is 0 Å². The minimum Gasteiger partial charge on any atom is -0.463 e. The zero-order valence-electron chi connectivity index (χ0n) is 13.2. The van der Waals surface area contributed by atoms with Gasteiger partial charge in [0.1, 0.15) is 0 Å². The van der Waals surface area contributed by atoms with Gasteiger partial charge in [-0.1, -0.05) is 50.5 Å². The van der Waals surface area contributed by atoms with Crippen molar-refractivity contribution in [3.63, 3.8) is 0 Å². The Hall–Kier alpha value is -1.57. The number of ether oxygens (including phenoxy) is 1. The van der Waals surface area contributed by atoms with Gasteiger partial charge in [-0.3, -0.25) is 0 Å². The summed E-state index contributed by atoms with van der Waals surface area (Å²) in [4.78, 5) is 11.9. The molecule has 0 N–H and O–H groups in total. The smallest absolute Gasteiger partial charge is 0.331 e. The molecule has 0 atom stereocenters. The predicted molar refractivity (Wildman–Crippen MR) is 87.0 cm³/mol. The Labute approximate surface area is 128 Å². The maximum absolute atomic E-state index is 11.9. The van der Waals surface area contributed by atoms with E-state index in [1.54, 1.807) is 6.08 Å². The summed E-state index contributed by atoms with van der Waals surface area (Å²) in [6.45, 7) is 4.44. The Morgan fingerprint density at radius 2 is 1.81 bits per heavy atom. The number of hydrogen-bond acceptors (Lipinski definition) is 2. The molecule has 0 aromatic heterocycles. The van der Waals surface area contributed by atoms with Crippen LogP contribution in [0, 0.1) is 5.92 Å². The van der Waals surface area contributed by atoms with Crippen molar-refractivity contribution in [2.45, 2.75) is 52.4 Å². The predicted octanol–water partition coefficient (Wildman–Crippen LogP) is 4.78. The zero-order valence-corrected chi connectivity index (χ0v) is 13.2. The second kappa shape index (κ2) is 8.02. The van der Waals surface area contributed by atoms with Gasteiger partial charge >= 0.3 is 5.97 Å². The van der Waals surface area contributed by atoms with Crippen molar-refractivity contribution < 1.29 is 9.53 Å². The van der Waals surface area contributed by atoms with Gasteiger partial charge in [0.05, 0.1) is 6.61 Å². The van der Waals surface area contributed by atoms with Crippen molar-refractivity contribution in [1.82, 2.24) is 0 Å². The standard InChI is InChI=1S/C19H26O2/c1-3-15-10-12-17(13-11-15)18(14-19(20)21-4-2)16-8-6-5-7-9-16/h10-14,16H,3-9H2,1-2H3. The minimum absolute atomic E-state index is 0.211. The lowest BCUT2D eigenvalue weighted by Gasteiger charge is -2.25. The minimum atomic E-state index is -0.211. The molecule has 114 valence electrons. The van der Waals surface area contributed by atoms with Crippen LogP contribution in [0.2, 0.25) is 0 Å². The molecule has 1 saturated carbocycles. The molecular weight excluding hydrogens is 260 g/mol. The molecule has 0 saturated heterocycles. The Kier molecular flexibility index (Phi) is 6.04. The highest BCUT2D eigenvalue weighted by Gasteiger charge is 2.20. The molecule has 1 aromatic rings. The van der Waals surface area contributed by atoms with Crippen molar-refractivity contribution in [2.75, 3.05) is 6.61 Å². The third kappa shape index (κ3) is 4.45. The molecule has 2 nitrogen and oxygen atoms in total. The summed E-state index contributed by atoms with van der Waals surface area (Å²) < 4.78 is 5.11. The van der Waals surface area contributed by atoms with Gasteiger partial charge in [0.2, 0.25) is 0 Å². The molecule has 2 heteroatoms. The molecule has 0 bridgehead atoms. The van der Waals surface area contributed by atoms with Gasteiger partial charge in [-0.25, -0.2) is 4.79 Å². The van der Waals surface area contributed by atoms with E-state index in [0.717, 1.165) is 12.0 Å². The maximum Gasteiger partial charge on any atom is 0.331 e. The molecule has 0 unspecified atom stereocenters. The van der Waals surface area contributed by atoms with E-state index in [4.69, 9.17) is 4.74 Å². The van der Waals surface area contributed by atoms with E-state index in [2.05, 4.69) is 31.2 Å². The van der Waals surface area contributed by atoms with E-state index in [-0.39, 0.29) is 5.97 Å². The molecule has 1 aliphatic carbocycles. The molecule has 21 heavy (non-hydrogen) atoms. The second-order valence-corrected chi connectivity index (χ2v) is 5.74. The summed E-state index contributed by atoms with van der Waals surface area (Å²) in [7, 11) is 0. The van der Waals surface area contributed by atoms with Crippen molar-refractivity contribution in [3.05, 3.63) is 41.5 Å². The largest absolute Gasteiger partial charge is 0.463 e. The van der Waals surface area contributed by atoms with Crippen LogP contribution in [0.4, 0.5) is 0 Å². The number of esters is 1. The number of aryl methyl sites for hydroxylation is 1. The lowest BCUT2D eigenvalue weighted by Crippen LogP contribution is -2.11. The highest BCUT2D eigenvalue weighted by atomic mass is 16.5. The normalized spacial score (nSPS) is 16.8. The van der Waals surface area contributed by atoms with Crippen LogP contribution >= 0.6 is 0 Å².